The summed E-state index contributed by atoms with van der Waals surface area (Å²) in [5.41, 5.74) is 0.722. The summed E-state index contributed by atoms with van der Waals surface area (Å²) in [6.45, 7) is 2.19. The number of carbonyl (C=O) groups is 2. The number of ether oxygens (including phenoxy) is 1. The molecule has 120 valence electrons. The Kier molecular flexibility index (Phi) is 4.45. The van der Waals surface area contributed by atoms with Crippen LogP contribution in [0.3, 0.4) is 0 Å². The molecule has 9 heteroatoms. The molecule has 2 atom stereocenters. The molecule has 2 rings (SSSR count). The first kappa shape index (κ1) is 16.3. The van der Waals surface area contributed by atoms with Crippen molar-refractivity contribution < 1.29 is 27.5 Å². The summed E-state index contributed by atoms with van der Waals surface area (Å²) >= 11 is 1.34. The first-order chi connectivity index (χ1) is 10.2. The minimum atomic E-state index is -4.65. The van der Waals surface area contributed by atoms with E-state index in [0.29, 0.717) is 5.56 Å². The molecule has 2 heterocycles. The van der Waals surface area contributed by atoms with Crippen molar-refractivity contribution in [3.63, 3.8) is 0 Å². The molecule has 0 fully saturated rings. The molecular weight excluding hydrogens is 321 g/mol. The second-order valence-corrected chi connectivity index (χ2v) is 5.50. The first-order valence-corrected chi connectivity index (χ1v) is 7.22. The minimum Gasteiger partial charge on any atom is -0.450 e. The lowest BCUT2D eigenvalue weighted by molar-refractivity contribution is -0.214. The van der Waals surface area contributed by atoms with Crippen LogP contribution in [-0.2, 0) is 9.53 Å². The molecule has 0 bridgehead atoms. The third-order valence-corrected chi connectivity index (χ3v) is 3.81. The van der Waals surface area contributed by atoms with Crippen molar-refractivity contribution >= 4 is 23.3 Å². The molecule has 0 spiro atoms. The zero-order valence-corrected chi connectivity index (χ0v) is 12.5. The lowest BCUT2D eigenvalue weighted by atomic mass is 9.98. The summed E-state index contributed by atoms with van der Waals surface area (Å²) < 4.78 is 42.1. The second kappa shape index (κ2) is 5.99. The molecule has 0 radical (unpaired) electrons. The number of alkyl halides is 3. The number of hydrogen-bond acceptors (Lipinski definition) is 4. The maximum atomic E-state index is 12.5. The van der Waals surface area contributed by atoms with E-state index in [1.165, 1.54) is 18.3 Å². The standard InChI is InChI=1S/C13H13F3N2O3S/c1-6-9(11(19)21-7(2)13(14,15)16)10(18-12(20)17-6)8-3-4-22-5-8/h3-5,7,10H,1-2H3,(H2,17,18,20). The van der Waals surface area contributed by atoms with Gasteiger partial charge in [-0.05, 0) is 36.2 Å². The molecule has 0 aromatic carbocycles. The average Bonchev–Trinajstić information content (AvgIpc) is 2.89. The highest BCUT2D eigenvalue weighted by Gasteiger charge is 2.41. The molecule has 2 N–H and O–H groups in total. The summed E-state index contributed by atoms with van der Waals surface area (Å²) in [7, 11) is 0. The Morgan fingerprint density at radius 3 is 2.68 bits per heavy atom. The summed E-state index contributed by atoms with van der Waals surface area (Å²) in [6.07, 6.45) is -6.88. The van der Waals surface area contributed by atoms with Gasteiger partial charge in [0.15, 0.2) is 6.10 Å². The van der Waals surface area contributed by atoms with E-state index in [0.717, 1.165) is 6.92 Å². The number of halogens is 3. The fourth-order valence-electron chi connectivity index (χ4n) is 1.94. The predicted octanol–water partition coefficient (Wildman–Crippen LogP) is 2.87. The van der Waals surface area contributed by atoms with E-state index < -0.39 is 30.3 Å². The molecule has 2 unspecified atom stereocenters. The highest BCUT2D eigenvalue weighted by atomic mass is 32.1. The number of thiophene rings is 1. The van der Waals surface area contributed by atoms with Gasteiger partial charge in [-0.25, -0.2) is 9.59 Å². The fourth-order valence-corrected chi connectivity index (χ4v) is 2.63. The predicted molar refractivity (Wildman–Crippen MR) is 73.0 cm³/mol. The number of rotatable bonds is 3. The molecule has 0 aliphatic carbocycles. The van der Waals surface area contributed by atoms with Crippen LogP contribution < -0.4 is 10.6 Å². The van der Waals surface area contributed by atoms with Gasteiger partial charge in [-0.15, -0.1) is 0 Å². The summed E-state index contributed by atoms with van der Waals surface area (Å²) in [5, 5.41) is 8.31. The molecule has 2 amide bonds. The van der Waals surface area contributed by atoms with Gasteiger partial charge >= 0.3 is 18.2 Å². The number of nitrogens with one attached hydrogen (secondary N) is 2. The van der Waals surface area contributed by atoms with Crippen molar-refractivity contribution in [1.82, 2.24) is 10.6 Å². The zero-order valence-electron chi connectivity index (χ0n) is 11.7. The highest BCUT2D eigenvalue weighted by molar-refractivity contribution is 7.08. The van der Waals surface area contributed by atoms with Gasteiger partial charge in [-0.3, -0.25) is 0 Å². The number of carbonyl (C=O) groups excluding carboxylic acids is 2. The minimum absolute atomic E-state index is 0.0471. The first-order valence-electron chi connectivity index (χ1n) is 6.28. The maximum absolute atomic E-state index is 12.5. The van der Waals surface area contributed by atoms with Gasteiger partial charge in [0.1, 0.15) is 0 Å². The van der Waals surface area contributed by atoms with E-state index in [4.69, 9.17) is 0 Å². The van der Waals surface area contributed by atoms with Gasteiger partial charge in [0.2, 0.25) is 0 Å². The Balaban J connectivity index is 2.30. The maximum Gasteiger partial charge on any atom is 0.425 e. The Morgan fingerprint density at radius 2 is 2.14 bits per heavy atom. The summed E-state index contributed by atoms with van der Waals surface area (Å²) in [6, 6.07) is 0.302. The van der Waals surface area contributed by atoms with E-state index >= 15 is 0 Å². The van der Waals surface area contributed by atoms with Crippen molar-refractivity contribution in [2.75, 3.05) is 0 Å². The van der Waals surface area contributed by atoms with Gasteiger partial charge in [0.25, 0.3) is 0 Å². The molecule has 0 saturated carbocycles. The van der Waals surface area contributed by atoms with E-state index in [1.807, 2.05) is 0 Å². The molecule has 1 aliphatic heterocycles. The van der Waals surface area contributed by atoms with Crippen LogP contribution in [0.2, 0.25) is 0 Å². The van der Waals surface area contributed by atoms with Crippen LogP contribution in [-0.4, -0.2) is 24.3 Å². The van der Waals surface area contributed by atoms with Crippen LogP contribution in [0.25, 0.3) is 0 Å². The van der Waals surface area contributed by atoms with Crippen LogP contribution in [0.15, 0.2) is 28.1 Å². The van der Waals surface area contributed by atoms with Crippen LogP contribution in [0.1, 0.15) is 25.5 Å². The number of amides is 2. The lowest BCUT2D eigenvalue weighted by Gasteiger charge is -2.28. The van der Waals surface area contributed by atoms with E-state index in [1.54, 1.807) is 16.8 Å². The van der Waals surface area contributed by atoms with Gasteiger partial charge < -0.3 is 15.4 Å². The van der Waals surface area contributed by atoms with Crippen molar-refractivity contribution in [1.29, 1.82) is 0 Å². The van der Waals surface area contributed by atoms with Gasteiger partial charge in [0.05, 0.1) is 11.6 Å². The lowest BCUT2D eigenvalue weighted by Crippen LogP contribution is -2.46. The fraction of sp³-hybridized carbons (Fsp3) is 0.385. The molecule has 5 nitrogen and oxygen atoms in total. The molecule has 22 heavy (non-hydrogen) atoms. The highest BCUT2D eigenvalue weighted by Crippen LogP contribution is 2.30. The van der Waals surface area contributed by atoms with E-state index in [-0.39, 0.29) is 11.3 Å². The quantitative estimate of drug-likeness (QED) is 0.835. The topological polar surface area (TPSA) is 67.4 Å². The van der Waals surface area contributed by atoms with Crippen LogP contribution in [0.5, 0.6) is 0 Å². The van der Waals surface area contributed by atoms with Crippen LogP contribution in [0, 0.1) is 0 Å². The van der Waals surface area contributed by atoms with Crippen LogP contribution in [0.4, 0.5) is 18.0 Å². The Morgan fingerprint density at radius 1 is 1.45 bits per heavy atom. The van der Waals surface area contributed by atoms with E-state index in [2.05, 4.69) is 15.4 Å². The van der Waals surface area contributed by atoms with Gasteiger partial charge in [-0.1, -0.05) is 0 Å². The van der Waals surface area contributed by atoms with Crippen molar-refractivity contribution in [2.24, 2.45) is 0 Å². The van der Waals surface area contributed by atoms with Crippen molar-refractivity contribution in [3.05, 3.63) is 33.7 Å². The molecular formula is C13H13F3N2O3S. The average molecular weight is 334 g/mol. The third-order valence-electron chi connectivity index (χ3n) is 3.11. The molecule has 1 aliphatic rings. The summed E-state index contributed by atoms with van der Waals surface area (Å²) in [5.74, 6) is -1.12. The summed E-state index contributed by atoms with van der Waals surface area (Å²) in [4.78, 5) is 23.7. The van der Waals surface area contributed by atoms with E-state index in [9.17, 15) is 22.8 Å². The number of esters is 1. The Labute approximate surface area is 128 Å². The second-order valence-electron chi connectivity index (χ2n) is 4.72. The molecule has 1 aromatic rings. The largest absolute Gasteiger partial charge is 0.450 e. The molecule has 1 aromatic heterocycles. The Hall–Kier alpha value is -2.03. The van der Waals surface area contributed by atoms with Crippen molar-refractivity contribution in [3.8, 4) is 0 Å². The Bertz CT molecular complexity index is 611. The number of urea groups is 1. The monoisotopic (exact) mass is 334 g/mol. The normalized spacial score (nSPS) is 20.2. The van der Waals surface area contributed by atoms with Gasteiger partial charge in [0, 0.05) is 5.70 Å². The number of allylic oxidation sites excluding steroid dienone is 1. The molecule has 0 saturated heterocycles. The van der Waals surface area contributed by atoms with Crippen LogP contribution >= 0.6 is 11.3 Å². The smallest absolute Gasteiger partial charge is 0.425 e. The van der Waals surface area contributed by atoms with Crippen molar-refractivity contribution in [2.45, 2.75) is 32.2 Å². The number of hydrogen-bond donors (Lipinski definition) is 2. The van der Waals surface area contributed by atoms with Gasteiger partial charge in [-0.2, -0.15) is 24.5 Å². The third kappa shape index (κ3) is 3.41. The zero-order chi connectivity index (χ0) is 16.5. The SMILES string of the molecule is CC1=C(C(=O)OC(C)C(F)(F)F)C(c2ccsc2)NC(=O)N1.